The number of aromatic nitrogens is 1. The Kier molecular flexibility index (Phi) is 6.11. The molecule has 2 N–H and O–H groups in total. The van der Waals surface area contributed by atoms with Crippen LogP contribution in [0, 0.1) is 0 Å². The van der Waals surface area contributed by atoms with Crippen molar-refractivity contribution in [3.05, 3.63) is 78.0 Å². The molecule has 144 valence electrons. The number of methoxy groups -OCH3 is 2. The van der Waals surface area contributed by atoms with E-state index in [1.54, 1.807) is 50.7 Å². The van der Waals surface area contributed by atoms with Gasteiger partial charge in [0.15, 0.2) is 11.5 Å². The molecule has 0 spiro atoms. The van der Waals surface area contributed by atoms with Gasteiger partial charge in [0.2, 0.25) is 0 Å². The van der Waals surface area contributed by atoms with Gasteiger partial charge in [0, 0.05) is 24.0 Å². The van der Waals surface area contributed by atoms with Crippen molar-refractivity contribution in [3.8, 4) is 11.5 Å². The van der Waals surface area contributed by atoms with Crippen LogP contribution >= 0.6 is 0 Å². The van der Waals surface area contributed by atoms with E-state index in [0.717, 1.165) is 0 Å². The van der Waals surface area contributed by atoms with Gasteiger partial charge in [0.1, 0.15) is 5.82 Å². The standard InChI is InChI=1S/C22H23N3O3/c1-15(16-7-5-4-6-8-16)24-21-12-9-17(14-23-21)22(26)25-18-10-11-19(27-2)20(13-18)28-3/h4-15H,1-3H3,(H,23,24)(H,25,26). The van der Waals surface area contributed by atoms with Crippen LogP contribution in [0.25, 0.3) is 0 Å². The van der Waals surface area contributed by atoms with E-state index in [1.807, 2.05) is 18.2 Å². The summed E-state index contributed by atoms with van der Waals surface area (Å²) in [5.41, 5.74) is 2.25. The Hall–Kier alpha value is -3.54. The van der Waals surface area contributed by atoms with Crippen molar-refractivity contribution >= 4 is 17.4 Å². The molecular formula is C22H23N3O3. The van der Waals surface area contributed by atoms with Crippen LogP contribution in [-0.4, -0.2) is 25.1 Å². The first-order chi connectivity index (χ1) is 13.6. The minimum absolute atomic E-state index is 0.111. The highest BCUT2D eigenvalue weighted by Crippen LogP contribution is 2.30. The fourth-order valence-corrected chi connectivity index (χ4v) is 2.78. The van der Waals surface area contributed by atoms with Crippen LogP contribution in [0.4, 0.5) is 11.5 Å². The second kappa shape index (κ2) is 8.90. The number of nitrogens with one attached hydrogen (secondary N) is 2. The number of hydrogen-bond acceptors (Lipinski definition) is 5. The third kappa shape index (κ3) is 4.59. The average Bonchev–Trinajstić information content (AvgIpc) is 2.74. The number of nitrogens with zero attached hydrogens (tertiary/aromatic N) is 1. The van der Waals surface area contributed by atoms with Crippen molar-refractivity contribution in [2.75, 3.05) is 24.9 Å². The van der Waals surface area contributed by atoms with E-state index >= 15 is 0 Å². The van der Waals surface area contributed by atoms with Gasteiger partial charge in [-0.2, -0.15) is 0 Å². The summed E-state index contributed by atoms with van der Waals surface area (Å²) in [5.74, 6) is 1.61. The van der Waals surface area contributed by atoms with Gasteiger partial charge in [-0.3, -0.25) is 4.79 Å². The molecule has 3 rings (SSSR count). The lowest BCUT2D eigenvalue weighted by Gasteiger charge is -2.15. The molecule has 6 heteroatoms. The van der Waals surface area contributed by atoms with E-state index in [9.17, 15) is 4.79 Å². The van der Waals surface area contributed by atoms with Gasteiger partial charge in [0.05, 0.1) is 19.8 Å². The van der Waals surface area contributed by atoms with Crippen LogP contribution in [0.1, 0.15) is 28.9 Å². The van der Waals surface area contributed by atoms with E-state index in [4.69, 9.17) is 9.47 Å². The van der Waals surface area contributed by atoms with E-state index in [2.05, 4.69) is 34.7 Å². The Bertz CT molecular complexity index is 928. The minimum Gasteiger partial charge on any atom is -0.493 e. The van der Waals surface area contributed by atoms with Gasteiger partial charge in [-0.05, 0) is 36.8 Å². The average molecular weight is 377 g/mol. The molecule has 1 amide bonds. The number of hydrogen-bond donors (Lipinski definition) is 2. The van der Waals surface area contributed by atoms with Crippen LogP contribution in [0.2, 0.25) is 0 Å². The number of amides is 1. The van der Waals surface area contributed by atoms with Gasteiger partial charge < -0.3 is 20.1 Å². The first-order valence-corrected chi connectivity index (χ1v) is 8.91. The van der Waals surface area contributed by atoms with E-state index in [1.165, 1.54) is 5.56 Å². The summed E-state index contributed by atoms with van der Waals surface area (Å²) in [6.45, 7) is 2.06. The lowest BCUT2D eigenvalue weighted by molar-refractivity contribution is 0.102. The lowest BCUT2D eigenvalue weighted by atomic mass is 10.1. The number of carbonyl (C=O) groups is 1. The molecular weight excluding hydrogens is 354 g/mol. The number of carbonyl (C=O) groups excluding carboxylic acids is 1. The summed E-state index contributed by atoms with van der Waals surface area (Å²) in [4.78, 5) is 16.8. The SMILES string of the molecule is COc1ccc(NC(=O)c2ccc(NC(C)c3ccccc3)nc2)cc1OC. The summed E-state index contributed by atoms with van der Waals surface area (Å²) in [7, 11) is 3.12. The van der Waals surface area contributed by atoms with Crippen LogP contribution in [0.15, 0.2) is 66.9 Å². The van der Waals surface area contributed by atoms with Gasteiger partial charge >= 0.3 is 0 Å². The zero-order valence-electron chi connectivity index (χ0n) is 16.1. The molecule has 1 unspecified atom stereocenters. The largest absolute Gasteiger partial charge is 0.493 e. The maximum absolute atomic E-state index is 12.5. The Morgan fingerprint density at radius 3 is 2.36 bits per heavy atom. The number of ether oxygens (including phenoxy) is 2. The highest BCUT2D eigenvalue weighted by atomic mass is 16.5. The third-order valence-electron chi connectivity index (χ3n) is 4.33. The maximum Gasteiger partial charge on any atom is 0.257 e. The van der Waals surface area contributed by atoms with Gasteiger partial charge in [-0.25, -0.2) is 4.98 Å². The highest BCUT2D eigenvalue weighted by Gasteiger charge is 2.11. The molecule has 2 aromatic carbocycles. The third-order valence-corrected chi connectivity index (χ3v) is 4.33. The monoisotopic (exact) mass is 377 g/mol. The Labute approximate surface area is 164 Å². The van der Waals surface area contributed by atoms with Crippen molar-refractivity contribution in [1.29, 1.82) is 0 Å². The molecule has 1 atom stereocenters. The molecule has 3 aromatic rings. The minimum atomic E-state index is -0.248. The number of rotatable bonds is 7. The molecule has 1 aromatic heterocycles. The second-order valence-electron chi connectivity index (χ2n) is 6.23. The first kappa shape index (κ1) is 19.2. The van der Waals surface area contributed by atoms with Crippen LogP contribution in [0.3, 0.4) is 0 Å². The molecule has 0 fully saturated rings. The Morgan fingerprint density at radius 1 is 0.964 bits per heavy atom. The fraction of sp³-hybridized carbons (Fsp3) is 0.182. The van der Waals surface area contributed by atoms with Crippen molar-refractivity contribution in [1.82, 2.24) is 4.98 Å². The summed E-state index contributed by atoms with van der Waals surface area (Å²) in [6, 6.07) is 19.0. The molecule has 0 aliphatic rings. The van der Waals surface area contributed by atoms with Crippen molar-refractivity contribution in [2.24, 2.45) is 0 Å². The predicted molar refractivity (Wildman–Crippen MR) is 110 cm³/mol. The van der Waals surface area contributed by atoms with Crippen molar-refractivity contribution < 1.29 is 14.3 Å². The van der Waals surface area contributed by atoms with Crippen LogP contribution < -0.4 is 20.1 Å². The number of benzene rings is 2. The molecule has 0 aliphatic carbocycles. The molecule has 28 heavy (non-hydrogen) atoms. The molecule has 0 bridgehead atoms. The number of pyridine rings is 1. The highest BCUT2D eigenvalue weighted by molar-refractivity contribution is 6.04. The molecule has 0 aliphatic heterocycles. The quantitative estimate of drug-likeness (QED) is 0.633. The fourth-order valence-electron chi connectivity index (χ4n) is 2.78. The maximum atomic E-state index is 12.5. The molecule has 0 saturated heterocycles. The van der Waals surface area contributed by atoms with Gasteiger partial charge in [-0.1, -0.05) is 30.3 Å². The van der Waals surface area contributed by atoms with E-state index < -0.39 is 0 Å². The topological polar surface area (TPSA) is 72.5 Å². The summed E-state index contributed by atoms with van der Waals surface area (Å²) in [6.07, 6.45) is 1.55. The Balaban J connectivity index is 1.65. The molecule has 6 nitrogen and oxygen atoms in total. The van der Waals surface area contributed by atoms with Crippen LogP contribution in [0.5, 0.6) is 11.5 Å². The predicted octanol–water partition coefficient (Wildman–Crippen LogP) is 4.52. The summed E-state index contributed by atoms with van der Waals surface area (Å²) < 4.78 is 10.5. The molecule has 0 saturated carbocycles. The smallest absolute Gasteiger partial charge is 0.257 e. The lowest BCUT2D eigenvalue weighted by Crippen LogP contribution is -2.13. The van der Waals surface area contributed by atoms with E-state index in [0.29, 0.717) is 28.6 Å². The molecule has 0 radical (unpaired) electrons. The van der Waals surface area contributed by atoms with Gasteiger partial charge in [0.25, 0.3) is 5.91 Å². The zero-order valence-corrected chi connectivity index (χ0v) is 16.1. The summed E-state index contributed by atoms with van der Waals surface area (Å²) in [5, 5.41) is 6.16. The first-order valence-electron chi connectivity index (χ1n) is 8.91. The number of anilines is 2. The molecule has 1 heterocycles. The summed E-state index contributed by atoms with van der Waals surface area (Å²) >= 11 is 0. The van der Waals surface area contributed by atoms with Crippen molar-refractivity contribution in [2.45, 2.75) is 13.0 Å². The van der Waals surface area contributed by atoms with Crippen LogP contribution in [-0.2, 0) is 0 Å². The zero-order chi connectivity index (χ0) is 19.9. The second-order valence-corrected chi connectivity index (χ2v) is 6.23. The Morgan fingerprint density at radius 2 is 1.71 bits per heavy atom. The van der Waals surface area contributed by atoms with Gasteiger partial charge in [-0.15, -0.1) is 0 Å². The van der Waals surface area contributed by atoms with Crippen molar-refractivity contribution in [3.63, 3.8) is 0 Å². The van der Waals surface area contributed by atoms with E-state index in [-0.39, 0.29) is 11.9 Å². The normalized spacial score (nSPS) is 11.4.